The molecule has 0 aliphatic carbocycles. The van der Waals surface area contributed by atoms with E-state index in [1.165, 1.54) is 12.1 Å². The van der Waals surface area contributed by atoms with E-state index in [-0.39, 0.29) is 0 Å². The van der Waals surface area contributed by atoms with Gasteiger partial charge in [0.15, 0.2) is 0 Å². The van der Waals surface area contributed by atoms with Gasteiger partial charge in [-0.3, -0.25) is 0 Å². The summed E-state index contributed by atoms with van der Waals surface area (Å²) in [5.74, 6) is 0. The molecule has 0 radical (unpaired) electrons. The van der Waals surface area contributed by atoms with E-state index in [0.29, 0.717) is 44.2 Å². The van der Waals surface area contributed by atoms with Gasteiger partial charge in [0, 0.05) is 27.5 Å². The van der Waals surface area contributed by atoms with Crippen molar-refractivity contribution in [2.75, 3.05) is 0 Å². The quantitative estimate of drug-likeness (QED) is 0.237. The highest BCUT2D eigenvalue weighted by atomic mass is 19.4. The van der Waals surface area contributed by atoms with Gasteiger partial charge in [-0.25, -0.2) is 0 Å². The molecule has 3 nitrogen and oxygen atoms in total. The van der Waals surface area contributed by atoms with E-state index >= 15 is 0 Å². The molecular formula is C33H18F3N3. The summed E-state index contributed by atoms with van der Waals surface area (Å²) >= 11 is 0. The zero-order chi connectivity index (χ0) is 27.1. The molecule has 0 bridgehead atoms. The molecule has 6 aromatic rings. The zero-order valence-electron chi connectivity index (χ0n) is 20.4. The van der Waals surface area contributed by atoms with Crippen molar-refractivity contribution in [2.45, 2.75) is 6.18 Å². The molecule has 6 heteroatoms. The van der Waals surface area contributed by atoms with Gasteiger partial charge < -0.3 is 4.57 Å². The van der Waals surface area contributed by atoms with Gasteiger partial charge in [0.2, 0.25) is 0 Å². The maximum Gasteiger partial charge on any atom is 0.416 e. The van der Waals surface area contributed by atoms with Gasteiger partial charge in [-0.15, -0.1) is 0 Å². The molecule has 0 aliphatic rings. The second kappa shape index (κ2) is 9.20. The van der Waals surface area contributed by atoms with Gasteiger partial charge in [0.25, 0.3) is 0 Å². The summed E-state index contributed by atoms with van der Waals surface area (Å²) in [5, 5.41) is 21.1. The Morgan fingerprint density at radius 1 is 0.564 bits per heavy atom. The summed E-state index contributed by atoms with van der Waals surface area (Å²) in [6.45, 7) is 0. The molecule has 0 unspecified atom stereocenters. The topological polar surface area (TPSA) is 52.5 Å². The first kappa shape index (κ1) is 24.0. The van der Waals surface area contributed by atoms with Crippen molar-refractivity contribution in [3.05, 3.63) is 126 Å². The first-order valence-corrected chi connectivity index (χ1v) is 12.1. The van der Waals surface area contributed by atoms with Gasteiger partial charge in [-0.2, -0.15) is 23.7 Å². The fourth-order valence-corrected chi connectivity index (χ4v) is 5.17. The largest absolute Gasteiger partial charge is 0.416 e. The van der Waals surface area contributed by atoms with Crippen molar-refractivity contribution < 1.29 is 13.2 Å². The number of para-hydroxylation sites is 2. The van der Waals surface area contributed by atoms with Crippen LogP contribution in [0.4, 0.5) is 13.2 Å². The van der Waals surface area contributed by atoms with Crippen LogP contribution in [0.3, 0.4) is 0 Å². The van der Waals surface area contributed by atoms with Crippen LogP contribution in [0.15, 0.2) is 109 Å². The van der Waals surface area contributed by atoms with Crippen molar-refractivity contribution >= 4 is 21.8 Å². The number of halogens is 3. The molecule has 39 heavy (non-hydrogen) atoms. The summed E-state index contributed by atoms with van der Waals surface area (Å²) in [7, 11) is 0. The fourth-order valence-electron chi connectivity index (χ4n) is 5.17. The number of nitrogens with zero attached hydrogens (tertiary/aromatic N) is 3. The minimum Gasteiger partial charge on any atom is -0.309 e. The predicted octanol–water partition coefficient (Wildman–Crippen LogP) is 8.88. The normalized spacial score (nSPS) is 11.4. The maximum atomic E-state index is 13.6. The molecular weight excluding hydrogens is 495 g/mol. The van der Waals surface area contributed by atoms with E-state index in [9.17, 15) is 23.7 Å². The van der Waals surface area contributed by atoms with Crippen molar-refractivity contribution in [2.24, 2.45) is 0 Å². The van der Waals surface area contributed by atoms with Crippen LogP contribution in [-0.4, -0.2) is 4.57 Å². The summed E-state index contributed by atoms with van der Waals surface area (Å²) in [4.78, 5) is 0. The van der Waals surface area contributed by atoms with E-state index in [0.717, 1.165) is 22.7 Å². The van der Waals surface area contributed by atoms with E-state index < -0.39 is 11.7 Å². The minimum absolute atomic E-state index is 0.332. The Morgan fingerprint density at radius 3 is 1.95 bits per heavy atom. The number of hydrogen-bond acceptors (Lipinski definition) is 2. The molecule has 0 saturated heterocycles. The summed E-state index contributed by atoms with van der Waals surface area (Å²) in [6.07, 6.45) is -4.46. The molecule has 0 atom stereocenters. The van der Waals surface area contributed by atoms with Crippen molar-refractivity contribution in [1.29, 1.82) is 10.5 Å². The first-order valence-electron chi connectivity index (χ1n) is 12.1. The Hall–Kier alpha value is -5.33. The van der Waals surface area contributed by atoms with Crippen molar-refractivity contribution in [3.63, 3.8) is 0 Å². The van der Waals surface area contributed by atoms with Gasteiger partial charge in [0.1, 0.15) is 0 Å². The van der Waals surface area contributed by atoms with Gasteiger partial charge in [-0.1, -0.05) is 66.7 Å². The molecule has 0 spiro atoms. The minimum atomic E-state index is -4.46. The number of fused-ring (bicyclic) bond motifs is 3. The summed E-state index contributed by atoms with van der Waals surface area (Å²) in [5.41, 5.74) is 4.96. The van der Waals surface area contributed by atoms with Crippen LogP contribution in [0.5, 0.6) is 0 Å². The third-order valence-electron chi connectivity index (χ3n) is 6.92. The molecule has 0 fully saturated rings. The molecule has 1 heterocycles. The molecule has 0 N–H and O–H groups in total. The maximum absolute atomic E-state index is 13.6. The van der Waals surface area contributed by atoms with Crippen LogP contribution < -0.4 is 0 Å². The number of nitriles is 2. The van der Waals surface area contributed by atoms with Gasteiger partial charge in [0.05, 0.1) is 45.5 Å². The van der Waals surface area contributed by atoms with Crippen LogP contribution in [0.2, 0.25) is 0 Å². The van der Waals surface area contributed by atoms with Crippen molar-refractivity contribution in [3.8, 4) is 40.1 Å². The lowest BCUT2D eigenvalue weighted by Gasteiger charge is -2.17. The van der Waals surface area contributed by atoms with E-state index in [1.807, 2.05) is 83.4 Å². The number of alkyl halides is 3. The van der Waals surface area contributed by atoms with E-state index in [1.54, 1.807) is 12.1 Å². The third kappa shape index (κ3) is 4.00. The van der Waals surface area contributed by atoms with Crippen LogP contribution in [0, 0.1) is 22.7 Å². The molecule has 0 saturated carbocycles. The Morgan fingerprint density at radius 2 is 1.21 bits per heavy atom. The number of hydrogen-bond donors (Lipinski definition) is 0. The average Bonchev–Trinajstić information content (AvgIpc) is 3.30. The molecule has 1 aromatic heterocycles. The van der Waals surface area contributed by atoms with E-state index in [4.69, 9.17) is 0 Å². The second-order valence-electron chi connectivity index (χ2n) is 9.13. The van der Waals surface area contributed by atoms with Gasteiger partial charge in [-0.05, 0) is 48.0 Å². The fraction of sp³-hybridized carbons (Fsp3) is 0.0303. The summed E-state index contributed by atoms with van der Waals surface area (Å²) < 4.78 is 42.7. The SMILES string of the molecule is N#Cc1cc(C#N)c(-c2ccccc2-n2c3ccccc3c3cc(C(F)(F)F)ccc32)cc1-c1ccccc1. The molecule has 0 amide bonds. The van der Waals surface area contributed by atoms with Crippen LogP contribution in [-0.2, 0) is 6.18 Å². The number of aromatic nitrogens is 1. The molecule has 5 aromatic carbocycles. The second-order valence-corrected chi connectivity index (χ2v) is 9.13. The number of benzene rings is 5. The first-order chi connectivity index (χ1) is 18.9. The Bertz CT molecular complexity index is 1970. The average molecular weight is 514 g/mol. The smallest absolute Gasteiger partial charge is 0.309 e. The molecule has 0 aliphatic heterocycles. The predicted molar refractivity (Wildman–Crippen MR) is 146 cm³/mol. The Kier molecular flexibility index (Phi) is 5.67. The highest BCUT2D eigenvalue weighted by molar-refractivity contribution is 6.10. The van der Waals surface area contributed by atoms with Crippen LogP contribution >= 0.6 is 0 Å². The molecule has 186 valence electrons. The lowest BCUT2D eigenvalue weighted by Crippen LogP contribution is -2.04. The standard InChI is InChI=1S/C33H18F3N3/c34-33(35,36)24-14-15-32-29(17-24)26-11-5-7-13-31(26)39(32)30-12-6-4-10-25(30)28-18-27(21-8-2-1-3-9-21)22(19-37)16-23(28)20-38/h1-18H. The van der Waals surface area contributed by atoms with Crippen LogP contribution in [0.1, 0.15) is 16.7 Å². The summed E-state index contributed by atoms with van der Waals surface area (Å²) in [6, 6.07) is 36.0. The van der Waals surface area contributed by atoms with Crippen LogP contribution in [0.25, 0.3) is 49.7 Å². The lowest BCUT2D eigenvalue weighted by atomic mass is 9.90. The van der Waals surface area contributed by atoms with E-state index in [2.05, 4.69) is 12.1 Å². The highest BCUT2D eigenvalue weighted by Gasteiger charge is 2.31. The number of rotatable bonds is 3. The monoisotopic (exact) mass is 513 g/mol. The van der Waals surface area contributed by atoms with Gasteiger partial charge >= 0.3 is 6.18 Å². The third-order valence-corrected chi connectivity index (χ3v) is 6.92. The Balaban J connectivity index is 1.67. The lowest BCUT2D eigenvalue weighted by molar-refractivity contribution is -0.137. The highest BCUT2D eigenvalue weighted by Crippen LogP contribution is 2.40. The Labute approximate surface area is 222 Å². The zero-order valence-corrected chi connectivity index (χ0v) is 20.4. The molecule has 6 rings (SSSR count). The van der Waals surface area contributed by atoms with Crippen molar-refractivity contribution in [1.82, 2.24) is 4.57 Å².